The number of carbonyl (C=O) groups is 2. The van der Waals surface area contributed by atoms with Crippen LogP contribution in [0.3, 0.4) is 0 Å². The van der Waals surface area contributed by atoms with Gasteiger partial charge in [-0.1, -0.05) is 19.3 Å². The largest absolute Gasteiger partial charge is 0.452 e. The van der Waals surface area contributed by atoms with Gasteiger partial charge in [0.25, 0.3) is 5.91 Å². The summed E-state index contributed by atoms with van der Waals surface area (Å²) in [6.45, 7) is 2.46. The van der Waals surface area contributed by atoms with E-state index in [1.807, 2.05) is 24.1 Å². The zero-order valence-corrected chi connectivity index (χ0v) is 16.5. The lowest BCUT2D eigenvalue weighted by atomic mass is 9.81. The molecule has 1 fully saturated rings. The van der Waals surface area contributed by atoms with Crippen molar-refractivity contribution in [3.63, 3.8) is 0 Å². The zero-order chi connectivity index (χ0) is 20.1. The minimum atomic E-state index is -0.780. The number of benzene rings is 1. The van der Waals surface area contributed by atoms with Gasteiger partial charge in [-0.25, -0.2) is 4.79 Å². The number of hydrazone groups is 1. The van der Waals surface area contributed by atoms with Crippen LogP contribution in [-0.4, -0.2) is 48.2 Å². The van der Waals surface area contributed by atoms with Gasteiger partial charge in [-0.05, 0) is 44.0 Å². The molecule has 28 heavy (non-hydrogen) atoms. The third kappa shape index (κ3) is 4.16. The molecule has 0 bridgehead atoms. The van der Waals surface area contributed by atoms with Gasteiger partial charge in [-0.2, -0.15) is 10.4 Å². The topological polar surface area (TPSA) is 86.0 Å². The molecule has 3 rings (SSSR count). The molecule has 0 radical (unpaired) electrons. The summed E-state index contributed by atoms with van der Waals surface area (Å²) < 4.78 is 5.19. The molecule has 148 valence electrons. The Bertz CT molecular complexity index is 804. The molecule has 1 heterocycles. The first-order valence-corrected chi connectivity index (χ1v) is 9.72. The van der Waals surface area contributed by atoms with Crippen LogP contribution in [0.4, 0.5) is 5.69 Å². The Morgan fingerprint density at radius 2 is 1.93 bits per heavy atom. The van der Waals surface area contributed by atoms with Gasteiger partial charge >= 0.3 is 5.97 Å². The molecule has 1 aliphatic heterocycles. The Labute approximate surface area is 165 Å². The van der Waals surface area contributed by atoms with Gasteiger partial charge < -0.3 is 9.64 Å². The van der Waals surface area contributed by atoms with E-state index in [1.165, 1.54) is 4.90 Å². The fourth-order valence-corrected chi connectivity index (χ4v) is 3.74. The van der Waals surface area contributed by atoms with E-state index < -0.39 is 11.5 Å². The van der Waals surface area contributed by atoms with E-state index >= 15 is 0 Å². The second-order valence-corrected chi connectivity index (χ2v) is 7.49. The molecule has 7 nitrogen and oxygen atoms in total. The van der Waals surface area contributed by atoms with E-state index in [-0.39, 0.29) is 12.5 Å². The molecule has 0 spiro atoms. The molecule has 0 atom stereocenters. The van der Waals surface area contributed by atoms with Crippen molar-refractivity contribution in [2.45, 2.75) is 51.0 Å². The van der Waals surface area contributed by atoms with Crippen LogP contribution in [0.25, 0.3) is 0 Å². The van der Waals surface area contributed by atoms with Gasteiger partial charge in [0, 0.05) is 25.7 Å². The minimum Gasteiger partial charge on any atom is -0.452 e. The van der Waals surface area contributed by atoms with Crippen molar-refractivity contribution in [1.82, 2.24) is 4.90 Å². The molecule has 2 aliphatic rings. The quantitative estimate of drug-likeness (QED) is 0.731. The van der Waals surface area contributed by atoms with E-state index in [2.05, 4.69) is 11.2 Å². The molecule has 0 N–H and O–H groups in total. The Morgan fingerprint density at radius 1 is 1.25 bits per heavy atom. The van der Waals surface area contributed by atoms with Crippen molar-refractivity contribution in [1.29, 1.82) is 5.26 Å². The normalized spacial score (nSPS) is 18.2. The van der Waals surface area contributed by atoms with Gasteiger partial charge in [-0.15, -0.1) is 0 Å². The van der Waals surface area contributed by atoms with Crippen molar-refractivity contribution < 1.29 is 14.3 Å². The summed E-state index contributed by atoms with van der Waals surface area (Å²) in [7, 11) is 1.62. The molecule has 0 saturated heterocycles. The van der Waals surface area contributed by atoms with Crippen molar-refractivity contribution in [2.24, 2.45) is 5.10 Å². The summed E-state index contributed by atoms with van der Waals surface area (Å²) >= 11 is 0. The highest BCUT2D eigenvalue weighted by molar-refractivity contribution is 5.92. The van der Waals surface area contributed by atoms with Crippen LogP contribution in [0.1, 0.15) is 55.8 Å². The van der Waals surface area contributed by atoms with Gasteiger partial charge in [-0.3, -0.25) is 9.80 Å². The smallest absolute Gasteiger partial charge is 0.338 e. The van der Waals surface area contributed by atoms with Crippen LogP contribution < -0.4 is 5.01 Å². The van der Waals surface area contributed by atoms with Crippen molar-refractivity contribution in [2.75, 3.05) is 25.2 Å². The number of hydrogen-bond donors (Lipinski definition) is 0. The van der Waals surface area contributed by atoms with E-state index in [4.69, 9.17) is 4.74 Å². The lowest BCUT2D eigenvalue weighted by Crippen LogP contribution is -2.51. The van der Waals surface area contributed by atoms with Crippen LogP contribution in [0.2, 0.25) is 0 Å². The highest BCUT2D eigenvalue weighted by Gasteiger charge is 2.39. The van der Waals surface area contributed by atoms with E-state index in [9.17, 15) is 14.9 Å². The number of nitriles is 1. The van der Waals surface area contributed by atoms with Gasteiger partial charge in [0.2, 0.25) is 0 Å². The fourth-order valence-electron chi connectivity index (χ4n) is 3.74. The fraction of sp³-hybridized carbons (Fsp3) is 0.524. The molecule has 1 aromatic carbocycles. The summed E-state index contributed by atoms with van der Waals surface area (Å²) in [6, 6.07) is 9.29. The predicted octanol–water partition coefficient (Wildman–Crippen LogP) is 3.11. The molecular formula is C21H26N4O3. The molecule has 0 aromatic heterocycles. The van der Waals surface area contributed by atoms with E-state index in [0.717, 1.165) is 43.6 Å². The van der Waals surface area contributed by atoms with Crippen LogP contribution in [0.15, 0.2) is 29.4 Å². The Balaban J connectivity index is 1.56. The summed E-state index contributed by atoms with van der Waals surface area (Å²) in [5, 5.41) is 15.9. The molecule has 0 unspecified atom stereocenters. The maximum atomic E-state index is 12.5. The molecule has 1 amide bonds. The summed E-state index contributed by atoms with van der Waals surface area (Å²) in [6.07, 6.45) is 5.21. The number of likely N-dealkylation sites (N-methyl/N-ethyl adjacent to an activating group) is 1. The second kappa shape index (κ2) is 8.42. The van der Waals surface area contributed by atoms with Gasteiger partial charge in [0.15, 0.2) is 6.61 Å². The number of anilines is 1. The molecule has 1 saturated carbocycles. The first-order chi connectivity index (χ1) is 13.4. The first kappa shape index (κ1) is 19.9. The first-order valence-electron chi connectivity index (χ1n) is 9.72. The van der Waals surface area contributed by atoms with Crippen molar-refractivity contribution in [3.05, 3.63) is 29.8 Å². The number of nitrogens with zero attached hydrogens (tertiary/aromatic N) is 4. The molecule has 7 heteroatoms. The molecule has 1 aliphatic carbocycles. The van der Waals surface area contributed by atoms with Crippen LogP contribution in [-0.2, 0) is 9.53 Å². The average Bonchev–Trinajstić information content (AvgIpc) is 3.18. The summed E-state index contributed by atoms with van der Waals surface area (Å²) in [5.41, 5.74) is 1.60. The minimum absolute atomic E-state index is 0.352. The highest BCUT2D eigenvalue weighted by Crippen LogP contribution is 2.32. The number of ether oxygens (including phenoxy) is 1. The standard InChI is InChI=1S/C21H26N4O3/c1-16-10-13-25(23-16)18-8-6-17(7-9-18)20(27)28-14-19(26)24(2)21(15-22)11-4-3-5-12-21/h6-9H,3-5,10-14H2,1-2H3. The Kier molecular flexibility index (Phi) is 5.98. The van der Waals surface area contributed by atoms with E-state index in [0.29, 0.717) is 18.4 Å². The molecular weight excluding hydrogens is 356 g/mol. The van der Waals surface area contributed by atoms with Gasteiger partial charge in [0.05, 0.1) is 17.3 Å². The maximum Gasteiger partial charge on any atom is 0.338 e. The number of carbonyl (C=O) groups excluding carboxylic acids is 2. The van der Waals surface area contributed by atoms with Crippen molar-refractivity contribution >= 4 is 23.3 Å². The summed E-state index contributed by atoms with van der Waals surface area (Å²) in [5.74, 6) is -0.903. The lowest BCUT2D eigenvalue weighted by Gasteiger charge is -2.38. The second-order valence-electron chi connectivity index (χ2n) is 7.49. The Hall–Kier alpha value is -2.88. The average molecular weight is 382 g/mol. The number of amides is 1. The maximum absolute atomic E-state index is 12.5. The molecule has 1 aromatic rings. The monoisotopic (exact) mass is 382 g/mol. The third-order valence-electron chi connectivity index (χ3n) is 5.61. The van der Waals surface area contributed by atoms with Crippen LogP contribution in [0.5, 0.6) is 0 Å². The Morgan fingerprint density at radius 3 is 2.50 bits per heavy atom. The SMILES string of the molecule is CC1=NN(c2ccc(C(=O)OCC(=O)N(C)C3(C#N)CCCCC3)cc2)CC1. The lowest BCUT2D eigenvalue weighted by molar-refractivity contribution is -0.138. The van der Waals surface area contributed by atoms with Crippen molar-refractivity contribution in [3.8, 4) is 6.07 Å². The van der Waals surface area contributed by atoms with Crippen LogP contribution >= 0.6 is 0 Å². The predicted molar refractivity (Wildman–Crippen MR) is 106 cm³/mol. The third-order valence-corrected chi connectivity index (χ3v) is 5.61. The zero-order valence-electron chi connectivity index (χ0n) is 16.5. The number of rotatable bonds is 5. The highest BCUT2D eigenvalue weighted by atomic mass is 16.5. The van der Waals surface area contributed by atoms with Gasteiger partial charge in [0.1, 0.15) is 5.54 Å². The summed E-state index contributed by atoms with van der Waals surface area (Å²) in [4.78, 5) is 26.2. The van der Waals surface area contributed by atoms with Crippen LogP contribution in [0, 0.1) is 11.3 Å². The van der Waals surface area contributed by atoms with E-state index in [1.54, 1.807) is 19.2 Å². The number of hydrogen-bond acceptors (Lipinski definition) is 6. The number of esters is 1.